The van der Waals surface area contributed by atoms with Crippen molar-refractivity contribution >= 4 is 33.7 Å². The molecular weight excluding hydrogens is 295 g/mol. The Morgan fingerprint density at radius 2 is 2.25 bits per heavy atom. The molecular formula is C11H12BrFO2S. The van der Waals surface area contributed by atoms with Crippen LogP contribution >= 0.6 is 27.7 Å². The maximum atomic E-state index is 13.0. The van der Waals surface area contributed by atoms with E-state index in [1.807, 2.05) is 6.92 Å². The number of aliphatic carboxylic acids is 1. The molecule has 0 saturated heterocycles. The fourth-order valence-electron chi connectivity index (χ4n) is 1.25. The highest BCUT2D eigenvalue weighted by molar-refractivity contribution is 9.10. The van der Waals surface area contributed by atoms with E-state index in [1.54, 1.807) is 6.07 Å². The maximum absolute atomic E-state index is 13.0. The Morgan fingerprint density at radius 1 is 1.56 bits per heavy atom. The minimum Gasteiger partial charge on any atom is -0.480 e. The standard InChI is InChI=1S/C11H12BrFO2S/c1-2-10(11(14)15)16-6-7-3-8(12)5-9(13)4-7/h3-5,10H,2,6H2,1H3,(H,14,15). The summed E-state index contributed by atoms with van der Waals surface area (Å²) in [5, 5.41) is 8.43. The van der Waals surface area contributed by atoms with E-state index in [9.17, 15) is 9.18 Å². The van der Waals surface area contributed by atoms with Gasteiger partial charge in [-0.05, 0) is 30.2 Å². The van der Waals surface area contributed by atoms with Crippen LogP contribution < -0.4 is 0 Å². The molecule has 0 spiro atoms. The summed E-state index contributed by atoms with van der Waals surface area (Å²) in [5.74, 6) is -0.627. The van der Waals surface area contributed by atoms with Gasteiger partial charge in [-0.15, -0.1) is 11.8 Å². The Balaban J connectivity index is 2.63. The molecule has 16 heavy (non-hydrogen) atoms. The molecule has 0 amide bonds. The van der Waals surface area contributed by atoms with Gasteiger partial charge < -0.3 is 5.11 Å². The van der Waals surface area contributed by atoms with E-state index >= 15 is 0 Å². The highest BCUT2D eigenvalue weighted by Gasteiger charge is 2.15. The number of hydrogen-bond donors (Lipinski definition) is 1. The van der Waals surface area contributed by atoms with Crippen molar-refractivity contribution in [3.8, 4) is 0 Å². The van der Waals surface area contributed by atoms with Crippen molar-refractivity contribution in [3.63, 3.8) is 0 Å². The summed E-state index contributed by atoms with van der Waals surface area (Å²) in [4.78, 5) is 10.8. The first-order valence-electron chi connectivity index (χ1n) is 4.82. The van der Waals surface area contributed by atoms with E-state index in [4.69, 9.17) is 5.11 Å². The summed E-state index contributed by atoms with van der Waals surface area (Å²) in [6.45, 7) is 1.83. The molecule has 0 aliphatic heterocycles. The van der Waals surface area contributed by atoms with Gasteiger partial charge in [0.1, 0.15) is 11.1 Å². The number of thioether (sulfide) groups is 1. The van der Waals surface area contributed by atoms with Crippen LogP contribution in [0.15, 0.2) is 22.7 Å². The van der Waals surface area contributed by atoms with Crippen LogP contribution in [-0.2, 0) is 10.5 Å². The average Bonchev–Trinajstić information content (AvgIpc) is 2.16. The minimum atomic E-state index is -0.817. The predicted octanol–water partition coefficient (Wildman–Crippen LogP) is 3.68. The molecule has 0 radical (unpaired) electrons. The van der Waals surface area contributed by atoms with E-state index in [2.05, 4.69) is 15.9 Å². The first-order chi connectivity index (χ1) is 7.52. The number of carboxylic acids is 1. The Bertz CT molecular complexity index is 364. The van der Waals surface area contributed by atoms with Crippen molar-refractivity contribution in [2.24, 2.45) is 0 Å². The summed E-state index contributed by atoms with van der Waals surface area (Å²) < 4.78 is 13.7. The van der Waals surface area contributed by atoms with Gasteiger partial charge in [0.25, 0.3) is 0 Å². The molecule has 0 bridgehead atoms. The minimum absolute atomic E-state index is 0.312. The van der Waals surface area contributed by atoms with E-state index in [-0.39, 0.29) is 5.82 Å². The third kappa shape index (κ3) is 4.14. The first-order valence-corrected chi connectivity index (χ1v) is 6.66. The van der Waals surface area contributed by atoms with Gasteiger partial charge in [-0.2, -0.15) is 0 Å². The van der Waals surface area contributed by atoms with Crippen molar-refractivity contribution in [1.29, 1.82) is 0 Å². The topological polar surface area (TPSA) is 37.3 Å². The Labute approximate surface area is 106 Å². The molecule has 0 aromatic heterocycles. The molecule has 0 aliphatic carbocycles. The van der Waals surface area contributed by atoms with Crippen molar-refractivity contribution in [1.82, 2.24) is 0 Å². The quantitative estimate of drug-likeness (QED) is 0.901. The van der Waals surface area contributed by atoms with Crippen LogP contribution in [0.5, 0.6) is 0 Å². The first kappa shape index (κ1) is 13.5. The van der Waals surface area contributed by atoms with Gasteiger partial charge in [-0.1, -0.05) is 22.9 Å². The van der Waals surface area contributed by atoms with Gasteiger partial charge in [0.2, 0.25) is 0 Å². The van der Waals surface area contributed by atoms with Crippen LogP contribution in [0, 0.1) is 5.82 Å². The van der Waals surface area contributed by atoms with Crippen LogP contribution in [0.4, 0.5) is 4.39 Å². The summed E-state index contributed by atoms with van der Waals surface area (Å²) in [7, 11) is 0. The van der Waals surface area contributed by atoms with Crippen LogP contribution in [0.3, 0.4) is 0 Å². The Hall–Kier alpha value is -0.550. The number of rotatable bonds is 5. The second-order valence-electron chi connectivity index (χ2n) is 3.32. The molecule has 0 saturated carbocycles. The molecule has 1 aromatic carbocycles. The largest absolute Gasteiger partial charge is 0.480 e. The summed E-state index contributed by atoms with van der Waals surface area (Å²) in [6.07, 6.45) is 0.566. The van der Waals surface area contributed by atoms with Gasteiger partial charge in [0.15, 0.2) is 0 Å². The number of carbonyl (C=O) groups is 1. The summed E-state index contributed by atoms with van der Waals surface area (Å²) in [6, 6.07) is 4.60. The van der Waals surface area contributed by atoms with Gasteiger partial charge >= 0.3 is 5.97 Å². The van der Waals surface area contributed by atoms with Crippen molar-refractivity contribution < 1.29 is 14.3 Å². The highest BCUT2D eigenvalue weighted by atomic mass is 79.9. The lowest BCUT2D eigenvalue weighted by molar-refractivity contribution is -0.136. The SMILES string of the molecule is CCC(SCc1cc(F)cc(Br)c1)C(=O)O. The molecule has 2 nitrogen and oxygen atoms in total. The zero-order valence-electron chi connectivity index (χ0n) is 8.74. The van der Waals surface area contributed by atoms with Crippen LogP contribution in [0.2, 0.25) is 0 Å². The average molecular weight is 307 g/mol. The molecule has 1 atom stereocenters. The van der Waals surface area contributed by atoms with Crippen molar-refractivity contribution in [3.05, 3.63) is 34.1 Å². The van der Waals surface area contributed by atoms with E-state index in [0.717, 1.165) is 5.56 Å². The fraction of sp³-hybridized carbons (Fsp3) is 0.364. The second-order valence-corrected chi connectivity index (χ2v) is 5.43. The van der Waals surface area contributed by atoms with Crippen LogP contribution in [-0.4, -0.2) is 16.3 Å². The third-order valence-corrected chi connectivity index (χ3v) is 3.91. The van der Waals surface area contributed by atoms with Gasteiger partial charge in [0.05, 0.1) is 0 Å². The smallest absolute Gasteiger partial charge is 0.316 e. The monoisotopic (exact) mass is 306 g/mol. The molecule has 5 heteroatoms. The molecule has 0 aliphatic rings. The summed E-state index contributed by atoms with van der Waals surface area (Å²) in [5.41, 5.74) is 0.788. The molecule has 1 aromatic rings. The molecule has 0 heterocycles. The lowest BCUT2D eigenvalue weighted by Gasteiger charge is -2.09. The third-order valence-electron chi connectivity index (χ3n) is 2.02. The predicted molar refractivity (Wildman–Crippen MR) is 67.1 cm³/mol. The molecule has 1 N–H and O–H groups in total. The second kappa shape index (κ2) is 6.25. The normalized spacial score (nSPS) is 12.4. The molecule has 0 fully saturated rings. The van der Waals surface area contributed by atoms with Crippen molar-refractivity contribution in [2.75, 3.05) is 0 Å². The number of halogens is 2. The van der Waals surface area contributed by atoms with E-state index in [0.29, 0.717) is 16.6 Å². The van der Waals surface area contributed by atoms with E-state index in [1.165, 1.54) is 23.9 Å². The highest BCUT2D eigenvalue weighted by Crippen LogP contribution is 2.23. The fourth-order valence-corrected chi connectivity index (χ4v) is 2.71. The molecule has 88 valence electrons. The number of carboxylic acid groups (broad SMARTS) is 1. The zero-order valence-corrected chi connectivity index (χ0v) is 11.1. The van der Waals surface area contributed by atoms with Gasteiger partial charge in [-0.25, -0.2) is 4.39 Å². The van der Waals surface area contributed by atoms with Crippen molar-refractivity contribution in [2.45, 2.75) is 24.3 Å². The lowest BCUT2D eigenvalue weighted by atomic mass is 10.2. The Morgan fingerprint density at radius 3 is 2.75 bits per heavy atom. The molecule has 1 unspecified atom stereocenters. The number of benzene rings is 1. The van der Waals surface area contributed by atoms with Gasteiger partial charge in [0, 0.05) is 10.2 Å². The maximum Gasteiger partial charge on any atom is 0.316 e. The number of hydrogen-bond acceptors (Lipinski definition) is 2. The lowest BCUT2D eigenvalue weighted by Crippen LogP contribution is -2.15. The Kier molecular flexibility index (Phi) is 5.28. The zero-order chi connectivity index (χ0) is 12.1. The van der Waals surface area contributed by atoms with Crippen LogP contribution in [0.25, 0.3) is 0 Å². The van der Waals surface area contributed by atoms with Crippen LogP contribution in [0.1, 0.15) is 18.9 Å². The van der Waals surface area contributed by atoms with E-state index < -0.39 is 11.2 Å². The van der Waals surface area contributed by atoms with Gasteiger partial charge in [-0.3, -0.25) is 4.79 Å². The summed E-state index contributed by atoms with van der Waals surface area (Å²) >= 11 is 4.51. The molecule has 1 rings (SSSR count).